The van der Waals surface area contributed by atoms with Gasteiger partial charge in [0.15, 0.2) is 0 Å². The van der Waals surface area contributed by atoms with Gasteiger partial charge in [-0.2, -0.15) is 12.7 Å². The molecule has 8 nitrogen and oxygen atoms in total. The van der Waals surface area contributed by atoms with Crippen LogP contribution in [0.25, 0.3) is 0 Å². The highest BCUT2D eigenvalue weighted by atomic mass is 35.5. The van der Waals surface area contributed by atoms with Gasteiger partial charge < -0.3 is 10.2 Å². The van der Waals surface area contributed by atoms with Gasteiger partial charge in [0.25, 0.3) is 0 Å². The summed E-state index contributed by atoms with van der Waals surface area (Å²) in [5.74, 6) is -2.00. The molecule has 0 spiro atoms. The van der Waals surface area contributed by atoms with Crippen LogP contribution in [0.4, 0.5) is 10.1 Å². The zero-order valence-electron chi connectivity index (χ0n) is 20.8. The lowest BCUT2D eigenvalue weighted by Gasteiger charge is -2.33. The molecule has 0 heterocycles. The lowest BCUT2D eigenvalue weighted by Crippen LogP contribution is -2.53. The Bertz CT molecular complexity index is 1180. The average molecular weight is 562 g/mol. The molecule has 0 fully saturated rings. The summed E-state index contributed by atoms with van der Waals surface area (Å²) in [7, 11) is -1.72. The summed E-state index contributed by atoms with van der Waals surface area (Å²) in [4.78, 5) is 27.8. The van der Waals surface area contributed by atoms with Crippen LogP contribution in [0.2, 0.25) is 10.0 Å². The van der Waals surface area contributed by atoms with Crippen molar-refractivity contribution in [2.75, 3.05) is 24.9 Å². The Hall–Kier alpha value is -2.40. The van der Waals surface area contributed by atoms with Crippen molar-refractivity contribution >= 4 is 50.9 Å². The number of para-hydroxylation sites is 1. The molecule has 2 aromatic rings. The van der Waals surface area contributed by atoms with E-state index in [1.165, 1.54) is 44.1 Å². The summed E-state index contributed by atoms with van der Waals surface area (Å²) in [6.45, 7) is 4.32. The fourth-order valence-electron chi connectivity index (χ4n) is 3.26. The van der Waals surface area contributed by atoms with Gasteiger partial charge >= 0.3 is 10.2 Å². The maximum absolute atomic E-state index is 14.7. The second kappa shape index (κ2) is 12.7. The Labute approximate surface area is 222 Å². The molecular weight excluding hydrogens is 530 g/mol. The van der Waals surface area contributed by atoms with Crippen molar-refractivity contribution in [2.24, 2.45) is 0 Å². The summed E-state index contributed by atoms with van der Waals surface area (Å²) < 4.78 is 42.4. The van der Waals surface area contributed by atoms with Crippen LogP contribution in [0.1, 0.15) is 32.8 Å². The molecule has 2 aromatic carbocycles. The first-order valence-electron chi connectivity index (χ1n) is 11.3. The number of rotatable bonds is 11. The second-order valence-electron chi connectivity index (χ2n) is 8.46. The van der Waals surface area contributed by atoms with Crippen molar-refractivity contribution in [3.8, 4) is 0 Å². The molecule has 0 bridgehead atoms. The van der Waals surface area contributed by atoms with Gasteiger partial charge in [0.1, 0.15) is 18.4 Å². The number of nitrogens with zero attached hydrogens (tertiary/aromatic N) is 3. The third kappa shape index (κ3) is 7.09. The average Bonchev–Trinajstić information content (AvgIpc) is 2.82. The number of hydrogen-bond acceptors (Lipinski definition) is 4. The molecule has 198 valence electrons. The lowest BCUT2D eigenvalue weighted by atomic mass is 10.1. The quantitative estimate of drug-likeness (QED) is 0.448. The minimum atomic E-state index is -4.27. The Balaban J connectivity index is 2.53. The number of anilines is 1. The minimum Gasteiger partial charge on any atom is -0.352 e. The first-order valence-corrected chi connectivity index (χ1v) is 13.4. The molecule has 0 radical (unpaired) electrons. The van der Waals surface area contributed by atoms with E-state index in [-0.39, 0.29) is 28.3 Å². The first-order chi connectivity index (χ1) is 16.8. The predicted molar refractivity (Wildman–Crippen MR) is 141 cm³/mol. The molecule has 2 rings (SSSR count). The molecule has 0 saturated carbocycles. The van der Waals surface area contributed by atoms with E-state index in [0.717, 1.165) is 10.4 Å². The normalized spacial score (nSPS) is 13.2. The number of benzene rings is 2. The Morgan fingerprint density at radius 3 is 2.14 bits per heavy atom. The van der Waals surface area contributed by atoms with Gasteiger partial charge in [0.05, 0.1) is 5.69 Å². The molecule has 2 amide bonds. The number of carbonyl (C=O) groups is 2. The van der Waals surface area contributed by atoms with Gasteiger partial charge in [-0.25, -0.2) is 8.70 Å². The van der Waals surface area contributed by atoms with Crippen molar-refractivity contribution in [1.82, 2.24) is 14.5 Å². The second-order valence-corrected chi connectivity index (χ2v) is 11.3. The van der Waals surface area contributed by atoms with Gasteiger partial charge in [-0.3, -0.25) is 9.59 Å². The van der Waals surface area contributed by atoms with E-state index in [0.29, 0.717) is 16.3 Å². The molecule has 0 aromatic heterocycles. The molecule has 0 saturated heterocycles. The summed E-state index contributed by atoms with van der Waals surface area (Å²) in [6, 6.07) is 8.91. The molecule has 1 N–H and O–H groups in total. The number of carbonyl (C=O) groups excluding carboxylic acids is 2. The molecule has 0 aliphatic rings. The Morgan fingerprint density at radius 2 is 1.61 bits per heavy atom. The largest absolute Gasteiger partial charge is 0.352 e. The van der Waals surface area contributed by atoms with Crippen LogP contribution in [0, 0.1) is 5.82 Å². The van der Waals surface area contributed by atoms with Crippen molar-refractivity contribution in [3.63, 3.8) is 0 Å². The smallest absolute Gasteiger partial charge is 0.304 e. The van der Waals surface area contributed by atoms with E-state index in [1.807, 2.05) is 13.8 Å². The highest BCUT2D eigenvalue weighted by molar-refractivity contribution is 7.90. The SMILES string of the molecule is CC[C@H](C)NC(=O)[C@H](C)N(Cc1c(Cl)cccc1Cl)C(=O)CN(c1ccccc1F)S(=O)(=O)N(C)C. The van der Waals surface area contributed by atoms with Gasteiger partial charge in [-0.1, -0.05) is 48.3 Å². The lowest BCUT2D eigenvalue weighted by molar-refractivity contribution is -0.139. The number of halogens is 3. The van der Waals surface area contributed by atoms with Crippen LogP contribution >= 0.6 is 23.2 Å². The van der Waals surface area contributed by atoms with Crippen LogP contribution < -0.4 is 9.62 Å². The summed E-state index contributed by atoms with van der Waals surface area (Å²) in [5.41, 5.74) is 0.0947. The molecule has 36 heavy (non-hydrogen) atoms. The minimum absolute atomic E-state index is 0.148. The zero-order valence-corrected chi connectivity index (χ0v) is 23.2. The number of amides is 2. The van der Waals surface area contributed by atoms with E-state index in [4.69, 9.17) is 23.2 Å². The standard InChI is InChI=1S/C24H31Cl2FN4O4S/c1-6-16(2)28-24(33)17(3)30(14-18-19(25)10-9-11-20(18)26)23(32)15-31(36(34,35)29(4)5)22-13-8-7-12-21(22)27/h7-13,16-17H,6,14-15H2,1-5H3,(H,28,33)/t16-,17-/m0/s1. The Morgan fingerprint density at radius 1 is 1.03 bits per heavy atom. The van der Waals surface area contributed by atoms with Gasteiger partial charge in [-0.15, -0.1) is 0 Å². The molecule has 0 aliphatic heterocycles. The van der Waals surface area contributed by atoms with E-state index in [1.54, 1.807) is 18.2 Å². The fraction of sp³-hybridized carbons (Fsp3) is 0.417. The Kier molecular flexibility index (Phi) is 10.5. The molecule has 0 aliphatic carbocycles. The highest BCUT2D eigenvalue weighted by Crippen LogP contribution is 2.28. The predicted octanol–water partition coefficient (Wildman–Crippen LogP) is 4.08. The number of nitrogens with one attached hydrogen (secondary N) is 1. The maximum atomic E-state index is 14.7. The van der Waals surface area contributed by atoms with Crippen LogP contribution in [0.5, 0.6) is 0 Å². The summed E-state index contributed by atoms with van der Waals surface area (Å²) in [6.07, 6.45) is 0.672. The topological polar surface area (TPSA) is 90.0 Å². The van der Waals surface area contributed by atoms with E-state index in [9.17, 15) is 22.4 Å². The third-order valence-electron chi connectivity index (χ3n) is 5.70. The van der Waals surface area contributed by atoms with Crippen molar-refractivity contribution in [1.29, 1.82) is 0 Å². The molecule has 0 unspecified atom stereocenters. The van der Waals surface area contributed by atoms with Crippen molar-refractivity contribution < 1.29 is 22.4 Å². The van der Waals surface area contributed by atoms with E-state index in [2.05, 4.69) is 5.32 Å². The van der Waals surface area contributed by atoms with Crippen LogP contribution in [0.15, 0.2) is 42.5 Å². The van der Waals surface area contributed by atoms with E-state index >= 15 is 0 Å². The fourth-order valence-corrected chi connectivity index (χ4v) is 4.84. The third-order valence-corrected chi connectivity index (χ3v) is 8.21. The molecule has 12 heteroatoms. The highest BCUT2D eigenvalue weighted by Gasteiger charge is 2.34. The zero-order chi connectivity index (χ0) is 27.2. The van der Waals surface area contributed by atoms with Gasteiger partial charge in [0, 0.05) is 42.3 Å². The molecular formula is C24H31Cl2FN4O4S. The monoisotopic (exact) mass is 560 g/mol. The van der Waals surface area contributed by atoms with Crippen molar-refractivity contribution in [3.05, 3.63) is 63.9 Å². The van der Waals surface area contributed by atoms with Gasteiger partial charge in [-0.05, 0) is 44.5 Å². The summed E-state index contributed by atoms with van der Waals surface area (Å²) >= 11 is 12.6. The molecule has 2 atom stereocenters. The van der Waals surface area contributed by atoms with Crippen LogP contribution in [-0.2, 0) is 26.3 Å². The van der Waals surface area contributed by atoms with Gasteiger partial charge in [0.2, 0.25) is 11.8 Å². The first kappa shape index (κ1) is 29.8. The van der Waals surface area contributed by atoms with Crippen molar-refractivity contribution in [2.45, 2.75) is 45.8 Å². The van der Waals surface area contributed by atoms with E-state index < -0.39 is 40.4 Å². The number of hydrogen-bond donors (Lipinski definition) is 1. The summed E-state index contributed by atoms with van der Waals surface area (Å²) in [5, 5.41) is 3.38. The maximum Gasteiger partial charge on any atom is 0.304 e. The van der Waals surface area contributed by atoms with Crippen LogP contribution in [0.3, 0.4) is 0 Å². The van der Waals surface area contributed by atoms with Crippen LogP contribution in [-0.4, -0.2) is 62.2 Å².